The lowest BCUT2D eigenvalue weighted by Gasteiger charge is -2.27. The van der Waals surface area contributed by atoms with Gasteiger partial charge in [-0.3, -0.25) is 9.59 Å². The Morgan fingerprint density at radius 1 is 1.07 bits per heavy atom. The molecule has 0 unspecified atom stereocenters. The minimum Gasteiger partial charge on any atom is -0.503 e. The molecule has 1 aromatic heterocycles. The molecule has 152 valence electrons. The van der Waals surface area contributed by atoms with Gasteiger partial charge < -0.3 is 14.7 Å². The first-order valence-corrected chi connectivity index (χ1v) is 10.5. The fourth-order valence-electron chi connectivity index (χ4n) is 3.68. The van der Waals surface area contributed by atoms with Crippen LogP contribution in [0.25, 0.3) is 0 Å². The number of benzene rings is 2. The zero-order valence-electron chi connectivity index (χ0n) is 16.4. The Bertz CT molecular complexity index is 1070. The molecular formula is C24H21NO4S. The molecule has 0 saturated heterocycles. The highest BCUT2D eigenvalue weighted by atomic mass is 32.1. The molecule has 1 N–H and O–H groups in total. The molecule has 3 aromatic rings. The number of aliphatic hydroxyl groups excluding tert-OH is 1. The molecule has 1 atom stereocenters. The van der Waals surface area contributed by atoms with Crippen molar-refractivity contribution < 1.29 is 19.4 Å². The summed E-state index contributed by atoms with van der Waals surface area (Å²) >= 11 is 1.29. The van der Waals surface area contributed by atoms with E-state index >= 15 is 0 Å². The largest absolute Gasteiger partial charge is 0.503 e. The van der Waals surface area contributed by atoms with E-state index in [2.05, 4.69) is 0 Å². The molecule has 0 fully saturated rings. The smallest absolute Gasteiger partial charge is 0.290 e. The summed E-state index contributed by atoms with van der Waals surface area (Å²) in [6.45, 7) is 0.380. The van der Waals surface area contributed by atoms with Crippen LogP contribution in [0.4, 0.5) is 0 Å². The molecule has 0 radical (unpaired) electrons. The van der Waals surface area contributed by atoms with Crippen LogP contribution in [0.1, 0.15) is 26.8 Å². The third-order valence-corrected chi connectivity index (χ3v) is 6.08. The third-order valence-electron chi connectivity index (χ3n) is 5.21. The van der Waals surface area contributed by atoms with Gasteiger partial charge in [0.1, 0.15) is 5.75 Å². The minimum atomic E-state index is -0.651. The third kappa shape index (κ3) is 3.74. The number of aliphatic hydroxyl groups is 1. The summed E-state index contributed by atoms with van der Waals surface area (Å²) in [6, 6.07) is 19.9. The van der Waals surface area contributed by atoms with Gasteiger partial charge in [-0.15, -0.1) is 11.3 Å². The summed E-state index contributed by atoms with van der Waals surface area (Å²) < 4.78 is 5.23. The fourth-order valence-corrected chi connectivity index (χ4v) is 4.36. The number of ether oxygens (including phenoxy) is 1. The van der Waals surface area contributed by atoms with Crippen molar-refractivity contribution in [3.63, 3.8) is 0 Å². The molecule has 0 spiro atoms. The quantitative estimate of drug-likeness (QED) is 0.570. The van der Waals surface area contributed by atoms with Crippen molar-refractivity contribution in [2.24, 2.45) is 0 Å². The van der Waals surface area contributed by atoms with Gasteiger partial charge in [0, 0.05) is 6.54 Å². The van der Waals surface area contributed by atoms with Crippen molar-refractivity contribution in [1.29, 1.82) is 0 Å². The summed E-state index contributed by atoms with van der Waals surface area (Å²) in [7, 11) is 1.58. The van der Waals surface area contributed by atoms with E-state index in [-0.39, 0.29) is 11.4 Å². The van der Waals surface area contributed by atoms with Crippen LogP contribution in [0.2, 0.25) is 0 Å². The van der Waals surface area contributed by atoms with Gasteiger partial charge in [0.2, 0.25) is 5.78 Å². The van der Waals surface area contributed by atoms with Gasteiger partial charge in [0.15, 0.2) is 5.76 Å². The maximum atomic E-state index is 13.2. The Kier molecular flexibility index (Phi) is 5.68. The maximum absolute atomic E-state index is 13.2. The van der Waals surface area contributed by atoms with E-state index in [1.807, 2.05) is 42.5 Å². The Morgan fingerprint density at radius 2 is 1.80 bits per heavy atom. The van der Waals surface area contributed by atoms with Crippen LogP contribution in [-0.4, -0.2) is 35.4 Å². The number of Topliss-reactive ketones (excluding diaryl/α,β-unsaturated/α-hetero) is 1. The predicted molar refractivity (Wildman–Crippen MR) is 116 cm³/mol. The van der Waals surface area contributed by atoms with Gasteiger partial charge in [0.25, 0.3) is 5.91 Å². The molecule has 1 amide bonds. The number of carbonyl (C=O) groups is 2. The number of hydrogen-bond acceptors (Lipinski definition) is 5. The number of ketones is 1. The first kappa shape index (κ1) is 19.9. The molecule has 2 heterocycles. The van der Waals surface area contributed by atoms with Gasteiger partial charge in [-0.25, -0.2) is 0 Å². The van der Waals surface area contributed by atoms with Gasteiger partial charge in [-0.05, 0) is 41.1 Å². The average molecular weight is 420 g/mol. The van der Waals surface area contributed by atoms with Gasteiger partial charge in [-0.2, -0.15) is 0 Å². The average Bonchev–Trinajstić information content (AvgIpc) is 3.41. The molecule has 0 saturated carbocycles. The molecule has 30 heavy (non-hydrogen) atoms. The van der Waals surface area contributed by atoms with Crippen LogP contribution in [0.3, 0.4) is 0 Å². The minimum absolute atomic E-state index is 0.126. The topological polar surface area (TPSA) is 66.8 Å². The number of nitrogens with zero attached hydrogens (tertiary/aromatic N) is 1. The van der Waals surface area contributed by atoms with Crippen molar-refractivity contribution in [3.05, 3.63) is 99.4 Å². The van der Waals surface area contributed by atoms with Gasteiger partial charge in [-0.1, -0.05) is 48.5 Å². The molecule has 5 nitrogen and oxygen atoms in total. The van der Waals surface area contributed by atoms with E-state index in [4.69, 9.17) is 4.74 Å². The Labute approximate surface area is 178 Å². The maximum Gasteiger partial charge on any atom is 0.290 e. The lowest BCUT2D eigenvalue weighted by molar-refractivity contribution is -0.129. The Morgan fingerprint density at radius 3 is 2.43 bits per heavy atom. The summed E-state index contributed by atoms with van der Waals surface area (Å²) in [6.07, 6.45) is 0.618. The number of amides is 1. The lowest BCUT2D eigenvalue weighted by Crippen LogP contribution is -2.33. The molecule has 6 heteroatoms. The SMILES string of the molecule is COc1ccc([C@@H]2C(C(=O)c3cccs3)=C(O)C(=O)N2CCc2ccccc2)cc1. The van der Waals surface area contributed by atoms with E-state index in [0.717, 1.165) is 11.1 Å². The highest BCUT2D eigenvalue weighted by molar-refractivity contribution is 7.12. The Hall–Kier alpha value is -3.38. The second-order valence-corrected chi connectivity index (χ2v) is 7.93. The monoisotopic (exact) mass is 419 g/mol. The second kappa shape index (κ2) is 8.55. The first-order valence-electron chi connectivity index (χ1n) is 9.60. The van der Waals surface area contributed by atoms with Crippen molar-refractivity contribution in [1.82, 2.24) is 4.90 Å². The second-order valence-electron chi connectivity index (χ2n) is 6.98. The van der Waals surface area contributed by atoms with Crippen LogP contribution in [0.5, 0.6) is 5.75 Å². The van der Waals surface area contributed by atoms with E-state index in [1.54, 1.807) is 41.7 Å². The van der Waals surface area contributed by atoms with Crippen LogP contribution in [0, 0.1) is 0 Å². The first-order chi connectivity index (χ1) is 14.6. The summed E-state index contributed by atoms with van der Waals surface area (Å²) in [5.41, 5.74) is 1.96. The van der Waals surface area contributed by atoms with Crippen molar-refractivity contribution in [2.45, 2.75) is 12.5 Å². The van der Waals surface area contributed by atoms with Gasteiger partial charge >= 0.3 is 0 Å². The predicted octanol–water partition coefficient (Wildman–Crippen LogP) is 4.58. The summed E-state index contributed by atoms with van der Waals surface area (Å²) in [5, 5.41) is 12.5. The van der Waals surface area contributed by atoms with Crippen LogP contribution >= 0.6 is 11.3 Å². The molecule has 0 bridgehead atoms. The Balaban J connectivity index is 1.71. The van der Waals surface area contributed by atoms with E-state index in [9.17, 15) is 14.7 Å². The number of methoxy groups -OCH3 is 1. The zero-order valence-corrected chi connectivity index (χ0v) is 17.3. The zero-order chi connectivity index (χ0) is 21.1. The number of hydrogen-bond donors (Lipinski definition) is 1. The van der Waals surface area contributed by atoms with Crippen LogP contribution in [-0.2, 0) is 11.2 Å². The summed E-state index contributed by atoms with van der Waals surface area (Å²) in [4.78, 5) is 28.2. The fraction of sp³-hybridized carbons (Fsp3) is 0.167. The van der Waals surface area contributed by atoms with E-state index in [1.165, 1.54) is 11.3 Å². The number of rotatable bonds is 7. The van der Waals surface area contributed by atoms with Crippen LogP contribution < -0.4 is 4.74 Å². The van der Waals surface area contributed by atoms with Crippen molar-refractivity contribution in [3.8, 4) is 5.75 Å². The molecular weight excluding hydrogens is 398 g/mol. The van der Waals surface area contributed by atoms with Crippen LogP contribution in [0.15, 0.2) is 83.4 Å². The number of carbonyl (C=O) groups excluding carboxylic acids is 2. The van der Waals surface area contributed by atoms with E-state index < -0.39 is 17.7 Å². The molecule has 1 aliphatic heterocycles. The molecule has 4 rings (SSSR count). The molecule has 2 aromatic carbocycles. The van der Waals surface area contributed by atoms with Crippen molar-refractivity contribution in [2.75, 3.05) is 13.7 Å². The summed E-state index contributed by atoms with van der Waals surface area (Å²) in [5.74, 6) is -0.633. The highest BCUT2D eigenvalue weighted by Gasteiger charge is 2.43. The standard InChI is InChI=1S/C24H21NO4S/c1-29-18-11-9-17(10-12-18)21-20(22(26)19-8-5-15-30-19)23(27)24(28)25(21)14-13-16-6-3-2-4-7-16/h2-12,15,21,27H,13-14H2,1H3/t21-/m1/s1. The normalized spacial score (nSPS) is 16.2. The molecule has 0 aliphatic carbocycles. The highest BCUT2D eigenvalue weighted by Crippen LogP contribution is 2.40. The van der Waals surface area contributed by atoms with Crippen molar-refractivity contribution >= 4 is 23.0 Å². The lowest BCUT2D eigenvalue weighted by atomic mass is 9.95. The molecule has 1 aliphatic rings. The van der Waals surface area contributed by atoms with E-state index in [0.29, 0.717) is 23.6 Å². The number of thiophene rings is 1. The van der Waals surface area contributed by atoms with Gasteiger partial charge in [0.05, 0.1) is 23.6 Å².